The molecule has 27 heavy (non-hydrogen) atoms. The van der Waals surface area contributed by atoms with E-state index in [0.717, 1.165) is 34.2 Å². The highest BCUT2D eigenvalue weighted by atomic mass is 32.2. The smallest absolute Gasteiger partial charge is 0.233 e. The van der Waals surface area contributed by atoms with E-state index < -0.39 is 0 Å². The van der Waals surface area contributed by atoms with Crippen LogP contribution in [0.2, 0.25) is 0 Å². The molecule has 5 nitrogen and oxygen atoms in total. The zero-order valence-corrected chi connectivity index (χ0v) is 16.7. The first-order valence-electron chi connectivity index (χ1n) is 9.00. The molecular formula is C21H24N4OS. The largest absolute Gasteiger partial charge is 0.341 e. The molecule has 3 rings (SSSR count). The standard InChI is InChI=1S/C21H24N4OS/c1-4-25-20(18-13-9-8-10-16(18)2)22-23-21(25)27-15-19(26)24(3)14-17-11-6-5-7-12-17/h5-13H,4,14-15H2,1-3H3. The maximum Gasteiger partial charge on any atom is 0.233 e. The molecule has 0 N–H and O–H groups in total. The molecule has 0 spiro atoms. The number of carbonyl (C=O) groups excluding carboxylic acids is 1. The van der Waals surface area contributed by atoms with Crippen molar-refractivity contribution in [3.8, 4) is 11.4 Å². The van der Waals surface area contributed by atoms with Crippen LogP contribution in [0, 0.1) is 6.92 Å². The lowest BCUT2D eigenvalue weighted by molar-refractivity contribution is -0.127. The third-order valence-corrected chi connectivity index (χ3v) is 5.38. The fourth-order valence-corrected chi connectivity index (χ4v) is 3.83. The van der Waals surface area contributed by atoms with Crippen molar-refractivity contribution in [2.45, 2.75) is 32.1 Å². The third kappa shape index (κ3) is 4.57. The van der Waals surface area contributed by atoms with Crippen LogP contribution in [0.5, 0.6) is 0 Å². The third-order valence-electron chi connectivity index (χ3n) is 4.43. The number of nitrogens with zero attached hydrogens (tertiary/aromatic N) is 4. The van der Waals surface area contributed by atoms with Crippen molar-refractivity contribution in [1.82, 2.24) is 19.7 Å². The number of carbonyl (C=O) groups is 1. The van der Waals surface area contributed by atoms with Crippen LogP contribution in [-0.4, -0.2) is 38.4 Å². The van der Waals surface area contributed by atoms with Gasteiger partial charge >= 0.3 is 0 Å². The van der Waals surface area contributed by atoms with Crippen molar-refractivity contribution in [3.05, 3.63) is 65.7 Å². The predicted molar refractivity (Wildman–Crippen MR) is 110 cm³/mol. The van der Waals surface area contributed by atoms with Gasteiger partial charge in [0.2, 0.25) is 5.91 Å². The molecule has 6 heteroatoms. The van der Waals surface area contributed by atoms with E-state index in [0.29, 0.717) is 12.3 Å². The van der Waals surface area contributed by atoms with Gasteiger partial charge in [0.05, 0.1) is 5.75 Å². The van der Waals surface area contributed by atoms with E-state index in [1.54, 1.807) is 4.90 Å². The number of aryl methyl sites for hydroxylation is 1. The second-order valence-electron chi connectivity index (χ2n) is 6.39. The lowest BCUT2D eigenvalue weighted by atomic mass is 10.1. The Balaban J connectivity index is 1.68. The van der Waals surface area contributed by atoms with Gasteiger partial charge in [-0.05, 0) is 25.0 Å². The molecule has 0 fully saturated rings. The number of amides is 1. The first kappa shape index (κ1) is 19.2. The highest BCUT2D eigenvalue weighted by Crippen LogP contribution is 2.26. The first-order chi connectivity index (χ1) is 13.1. The Morgan fingerprint density at radius 3 is 2.48 bits per heavy atom. The maximum absolute atomic E-state index is 12.5. The molecule has 0 aliphatic carbocycles. The maximum atomic E-state index is 12.5. The second kappa shape index (κ2) is 8.86. The predicted octanol–water partition coefficient (Wildman–Crippen LogP) is 4.02. The molecule has 0 saturated carbocycles. The summed E-state index contributed by atoms with van der Waals surface area (Å²) in [5, 5.41) is 9.48. The summed E-state index contributed by atoms with van der Waals surface area (Å²) in [6.45, 7) is 5.50. The van der Waals surface area contributed by atoms with Crippen LogP contribution in [-0.2, 0) is 17.9 Å². The first-order valence-corrected chi connectivity index (χ1v) is 9.98. The average molecular weight is 381 g/mol. The minimum absolute atomic E-state index is 0.0759. The summed E-state index contributed by atoms with van der Waals surface area (Å²) in [5.41, 5.74) is 3.36. The van der Waals surface area contributed by atoms with E-state index in [2.05, 4.69) is 40.7 Å². The van der Waals surface area contributed by atoms with Gasteiger partial charge in [-0.1, -0.05) is 66.4 Å². The van der Waals surface area contributed by atoms with Crippen molar-refractivity contribution in [3.63, 3.8) is 0 Å². The SMILES string of the molecule is CCn1c(SCC(=O)N(C)Cc2ccccc2)nnc1-c1ccccc1C. The van der Waals surface area contributed by atoms with Gasteiger partial charge < -0.3 is 9.47 Å². The number of thioether (sulfide) groups is 1. The molecule has 0 radical (unpaired) electrons. The van der Waals surface area contributed by atoms with Crippen LogP contribution in [0.15, 0.2) is 59.8 Å². The highest BCUT2D eigenvalue weighted by Gasteiger charge is 2.17. The van der Waals surface area contributed by atoms with Crippen LogP contribution >= 0.6 is 11.8 Å². The molecule has 1 aromatic heterocycles. The van der Waals surface area contributed by atoms with E-state index in [1.807, 2.05) is 49.5 Å². The summed E-state index contributed by atoms with van der Waals surface area (Å²) in [7, 11) is 1.83. The number of benzene rings is 2. The topological polar surface area (TPSA) is 51.0 Å². The Hall–Kier alpha value is -2.60. The Morgan fingerprint density at radius 1 is 1.07 bits per heavy atom. The Labute approximate surface area is 164 Å². The van der Waals surface area contributed by atoms with Crippen molar-refractivity contribution in [2.75, 3.05) is 12.8 Å². The number of rotatable bonds is 7. The van der Waals surface area contributed by atoms with Gasteiger partial charge in [0.1, 0.15) is 0 Å². The summed E-state index contributed by atoms with van der Waals surface area (Å²) >= 11 is 1.44. The fraction of sp³-hybridized carbons (Fsp3) is 0.286. The summed E-state index contributed by atoms with van der Waals surface area (Å²) < 4.78 is 2.07. The van der Waals surface area contributed by atoms with Crippen LogP contribution in [0.1, 0.15) is 18.1 Å². The van der Waals surface area contributed by atoms with Gasteiger partial charge in [-0.2, -0.15) is 0 Å². The molecule has 1 amide bonds. The molecule has 140 valence electrons. The molecular weight excluding hydrogens is 356 g/mol. The molecule has 2 aromatic carbocycles. The summed E-state index contributed by atoms with van der Waals surface area (Å²) in [6, 6.07) is 18.1. The van der Waals surface area contributed by atoms with Crippen LogP contribution < -0.4 is 0 Å². The summed E-state index contributed by atoms with van der Waals surface area (Å²) in [4.78, 5) is 14.2. The molecule has 1 heterocycles. The highest BCUT2D eigenvalue weighted by molar-refractivity contribution is 7.99. The number of aromatic nitrogens is 3. The fourth-order valence-electron chi connectivity index (χ4n) is 2.89. The summed E-state index contributed by atoms with van der Waals surface area (Å²) in [6.07, 6.45) is 0. The van der Waals surface area contributed by atoms with Crippen molar-refractivity contribution in [2.24, 2.45) is 0 Å². The van der Waals surface area contributed by atoms with Crippen molar-refractivity contribution in [1.29, 1.82) is 0 Å². The lowest BCUT2D eigenvalue weighted by Crippen LogP contribution is -2.27. The van der Waals surface area contributed by atoms with Crippen molar-refractivity contribution < 1.29 is 4.79 Å². The monoisotopic (exact) mass is 380 g/mol. The molecule has 3 aromatic rings. The van der Waals surface area contributed by atoms with Gasteiger partial charge in [0.15, 0.2) is 11.0 Å². The van der Waals surface area contributed by atoms with E-state index in [1.165, 1.54) is 11.8 Å². The lowest BCUT2D eigenvalue weighted by Gasteiger charge is -2.17. The molecule has 0 unspecified atom stereocenters. The zero-order valence-electron chi connectivity index (χ0n) is 15.9. The van der Waals surface area contributed by atoms with E-state index in [4.69, 9.17) is 0 Å². The minimum Gasteiger partial charge on any atom is -0.341 e. The zero-order chi connectivity index (χ0) is 19.2. The van der Waals surface area contributed by atoms with Crippen molar-refractivity contribution >= 4 is 17.7 Å². The summed E-state index contributed by atoms with van der Waals surface area (Å²) in [5.74, 6) is 1.27. The molecule has 0 bridgehead atoms. The van der Waals surface area contributed by atoms with Gasteiger partial charge in [0.25, 0.3) is 0 Å². The number of hydrogen-bond donors (Lipinski definition) is 0. The minimum atomic E-state index is 0.0759. The average Bonchev–Trinajstić information content (AvgIpc) is 3.09. The van der Waals surface area contributed by atoms with E-state index in [9.17, 15) is 4.79 Å². The van der Waals surface area contributed by atoms with Gasteiger partial charge in [0, 0.05) is 25.7 Å². The molecule has 0 aliphatic heterocycles. The molecule has 0 aliphatic rings. The molecule has 0 atom stereocenters. The quantitative estimate of drug-likeness (QED) is 0.581. The van der Waals surface area contributed by atoms with Gasteiger partial charge in [-0.15, -0.1) is 10.2 Å². The number of hydrogen-bond acceptors (Lipinski definition) is 4. The van der Waals surface area contributed by atoms with Gasteiger partial charge in [-0.25, -0.2) is 0 Å². The Bertz CT molecular complexity index is 908. The Kier molecular flexibility index (Phi) is 6.29. The Morgan fingerprint density at radius 2 is 1.78 bits per heavy atom. The van der Waals surface area contributed by atoms with Crippen LogP contribution in [0.3, 0.4) is 0 Å². The van der Waals surface area contributed by atoms with Crippen LogP contribution in [0.4, 0.5) is 0 Å². The normalized spacial score (nSPS) is 10.8. The van der Waals surface area contributed by atoms with Crippen LogP contribution in [0.25, 0.3) is 11.4 Å². The van der Waals surface area contributed by atoms with E-state index in [-0.39, 0.29) is 5.91 Å². The molecule has 0 saturated heterocycles. The van der Waals surface area contributed by atoms with E-state index >= 15 is 0 Å². The second-order valence-corrected chi connectivity index (χ2v) is 7.33. The van der Waals surface area contributed by atoms with Gasteiger partial charge in [-0.3, -0.25) is 4.79 Å².